The number of amides is 2. The monoisotopic (exact) mass is 238 g/mol. The summed E-state index contributed by atoms with van der Waals surface area (Å²) in [6.45, 7) is 4.38. The molecule has 1 saturated heterocycles. The number of hydrogen-bond donors (Lipinski definition) is 1. The smallest absolute Gasteiger partial charge is 0.243 e. The second-order valence-electron chi connectivity index (χ2n) is 5.60. The van der Waals surface area contributed by atoms with E-state index in [0.717, 1.165) is 19.3 Å². The largest absolute Gasteiger partial charge is 0.345 e. The van der Waals surface area contributed by atoms with Gasteiger partial charge in [0.1, 0.15) is 6.04 Å². The van der Waals surface area contributed by atoms with E-state index < -0.39 is 0 Å². The molecule has 2 amide bonds. The van der Waals surface area contributed by atoms with Crippen LogP contribution in [0.25, 0.3) is 0 Å². The third-order valence-corrected chi connectivity index (χ3v) is 3.75. The van der Waals surface area contributed by atoms with Crippen molar-refractivity contribution in [3.63, 3.8) is 0 Å². The highest BCUT2D eigenvalue weighted by molar-refractivity contribution is 5.95. The van der Waals surface area contributed by atoms with Gasteiger partial charge in [0, 0.05) is 6.04 Å². The summed E-state index contributed by atoms with van der Waals surface area (Å²) in [5, 5.41) is 2.71. The molecule has 17 heavy (non-hydrogen) atoms. The van der Waals surface area contributed by atoms with Crippen LogP contribution in [0.1, 0.15) is 46.0 Å². The lowest BCUT2D eigenvalue weighted by atomic mass is 9.97. The first-order chi connectivity index (χ1) is 8.09. The molecule has 0 aromatic heterocycles. The third kappa shape index (κ3) is 2.61. The summed E-state index contributed by atoms with van der Waals surface area (Å²) in [5.41, 5.74) is 0. The molecule has 4 nitrogen and oxygen atoms in total. The molecule has 0 aromatic rings. The summed E-state index contributed by atoms with van der Waals surface area (Å²) in [6.07, 6.45) is 5.27. The molecule has 0 aromatic carbocycles. The van der Waals surface area contributed by atoms with E-state index in [1.54, 1.807) is 0 Å². The maximum Gasteiger partial charge on any atom is 0.243 e. The quantitative estimate of drug-likeness (QED) is 0.805. The summed E-state index contributed by atoms with van der Waals surface area (Å²) >= 11 is 0. The van der Waals surface area contributed by atoms with Gasteiger partial charge in [-0.15, -0.1) is 0 Å². The molecular weight excluding hydrogens is 216 g/mol. The predicted molar refractivity (Wildman–Crippen MR) is 65.4 cm³/mol. The SMILES string of the molecule is CC(C)CC1C(=O)NCC(=O)N1C1CCCC1. The first-order valence-electron chi connectivity index (χ1n) is 6.68. The predicted octanol–water partition coefficient (Wildman–Crippen LogP) is 1.30. The molecule has 1 N–H and O–H groups in total. The van der Waals surface area contributed by atoms with Crippen LogP contribution < -0.4 is 5.32 Å². The Kier molecular flexibility index (Phi) is 3.69. The molecule has 0 spiro atoms. The molecule has 1 saturated carbocycles. The second kappa shape index (κ2) is 5.07. The fourth-order valence-electron chi connectivity index (χ4n) is 2.98. The van der Waals surface area contributed by atoms with Crippen LogP contribution in [0.5, 0.6) is 0 Å². The molecule has 4 heteroatoms. The van der Waals surface area contributed by atoms with Crippen LogP contribution in [-0.2, 0) is 9.59 Å². The number of nitrogens with one attached hydrogen (secondary N) is 1. The summed E-state index contributed by atoms with van der Waals surface area (Å²) in [4.78, 5) is 25.8. The normalized spacial score (nSPS) is 26.8. The molecule has 1 heterocycles. The zero-order valence-corrected chi connectivity index (χ0v) is 10.7. The molecule has 1 unspecified atom stereocenters. The average Bonchev–Trinajstić information content (AvgIpc) is 2.76. The van der Waals surface area contributed by atoms with Gasteiger partial charge in [-0.1, -0.05) is 26.7 Å². The van der Waals surface area contributed by atoms with Gasteiger partial charge in [0.05, 0.1) is 6.54 Å². The minimum Gasteiger partial charge on any atom is -0.345 e. The van der Waals surface area contributed by atoms with Gasteiger partial charge in [-0.2, -0.15) is 0 Å². The third-order valence-electron chi connectivity index (χ3n) is 3.75. The molecule has 2 aliphatic rings. The van der Waals surface area contributed by atoms with Gasteiger partial charge in [-0.25, -0.2) is 0 Å². The van der Waals surface area contributed by atoms with Crippen molar-refractivity contribution in [2.45, 2.75) is 58.0 Å². The second-order valence-corrected chi connectivity index (χ2v) is 5.60. The van der Waals surface area contributed by atoms with Crippen molar-refractivity contribution in [2.24, 2.45) is 5.92 Å². The lowest BCUT2D eigenvalue weighted by Crippen LogP contribution is -2.61. The minimum atomic E-state index is -0.237. The van der Waals surface area contributed by atoms with Gasteiger partial charge >= 0.3 is 0 Å². The molecule has 96 valence electrons. The highest BCUT2D eigenvalue weighted by Crippen LogP contribution is 2.28. The van der Waals surface area contributed by atoms with Crippen LogP contribution in [0, 0.1) is 5.92 Å². The summed E-state index contributed by atoms with van der Waals surface area (Å²) < 4.78 is 0. The summed E-state index contributed by atoms with van der Waals surface area (Å²) in [5.74, 6) is 0.563. The lowest BCUT2D eigenvalue weighted by molar-refractivity contribution is -0.148. The van der Waals surface area contributed by atoms with Crippen molar-refractivity contribution in [3.05, 3.63) is 0 Å². The van der Waals surface area contributed by atoms with E-state index in [9.17, 15) is 9.59 Å². The van der Waals surface area contributed by atoms with Gasteiger partial charge in [0.25, 0.3) is 0 Å². The average molecular weight is 238 g/mol. The van der Waals surface area contributed by atoms with E-state index in [-0.39, 0.29) is 24.4 Å². The Hall–Kier alpha value is -1.06. The Balaban J connectivity index is 2.15. The first-order valence-corrected chi connectivity index (χ1v) is 6.68. The number of nitrogens with zero attached hydrogens (tertiary/aromatic N) is 1. The maximum absolute atomic E-state index is 12.0. The van der Waals surface area contributed by atoms with Crippen molar-refractivity contribution in [1.82, 2.24) is 10.2 Å². The Morgan fingerprint density at radius 2 is 1.94 bits per heavy atom. The van der Waals surface area contributed by atoms with Crippen LogP contribution in [0.3, 0.4) is 0 Å². The van der Waals surface area contributed by atoms with Crippen LogP contribution in [0.4, 0.5) is 0 Å². The van der Waals surface area contributed by atoms with Crippen molar-refractivity contribution in [3.8, 4) is 0 Å². The highest BCUT2D eigenvalue weighted by Gasteiger charge is 2.39. The van der Waals surface area contributed by atoms with Crippen molar-refractivity contribution in [2.75, 3.05) is 6.54 Å². The zero-order chi connectivity index (χ0) is 12.4. The molecule has 2 rings (SSSR count). The van der Waals surface area contributed by atoms with E-state index in [4.69, 9.17) is 0 Å². The molecule has 1 atom stereocenters. The fourth-order valence-corrected chi connectivity index (χ4v) is 2.98. The van der Waals surface area contributed by atoms with E-state index in [2.05, 4.69) is 19.2 Å². The number of piperazine rings is 1. The molecule has 1 aliphatic heterocycles. The topological polar surface area (TPSA) is 49.4 Å². The Morgan fingerprint density at radius 3 is 2.53 bits per heavy atom. The highest BCUT2D eigenvalue weighted by atomic mass is 16.2. The summed E-state index contributed by atoms with van der Waals surface area (Å²) in [7, 11) is 0. The Labute approximate surface area is 103 Å². The van der Waals surface area contributed by atoms with Gasteiger partial charge in [-0.3, -0.25) is 9.59 Å². The van der Waals surface area contributed by atoms with Gasteiger partial charge in [0.2, 0.25) is 11.8 Å². The molecular formula is C13H22N2O2. The number of carbonyl (C=O) groups excluding carboxylic acids is 2. The molecule has 2 fully saturated rings. The van der Waals surface area contributed by atoms with E-state index in [1.807, 2.05) is 4.90 Å². The Bertz CT molecular complexity index is 309. The molecule has 0 bridgehead atoms. The van der Waals surface area contributed by atoms with Crippen LogP contribution in [-0.4, -0.2) is 35.3 Å². The maximum atomic E-state index is 12.0. The van der Waals surface area contributed by atoms with E-state index >= 15 is 0 Å². The standard InChI is InChI=1S/C13H22N2O2/c1-9(2)7-11-13(17)14-8-12(16)15(11)10-5-3-4-6-10/h9-11H,3-8H2,1-2H3,(H,14,17). The first kappa shape index (κ1) is 12.4. The number of carbonyl (C=O) groups is 2. The number of rotatable bonds is 3. The minimum absolute atomic E-state index is 0.0326. The lowest BCUT2D eigenvalue weighted by Gasteiger charge is -2.39. The van der Waals surface area contributed by atoms with Crippen LogP contribution in [0.2, 0.25) is 0 Å². The van der Waals surface area contributed by atoms with E-state index in [0.29, 0.717) is 12.0 Å². The molecule has 1 aliphatic carbocycles. The van der Waals surface area contributed by atoms with Gasteiger partial charge in [-0.05, 0) is 25.2 Å². The van der Waals surface area contributed by atoms with Gasteiger partial charge < -0.3 is 10.2 Å². The number of hydrogen-bond acceptors (Lipinski definition) is 2. The fraction of sp³-hybridized carbons (Fsp3) is 0.846. The van der Waals surface area contributed by atoms with Crippen LogP contribution in [0.15, 0.2) is 0 Å². The zero-order valence-electron chi connectivity index (χ0n) is 10.7. The van der Waals surface area contributed by atoms with Crippen molar-refractivity contribution in [1.29, 1.82) is 0 Å². The van der Waals surface area contributed by atoms with Gasteiger partial charge in [0.15, 0.2) is 0 Å². The van der Waals surface area contributed by atoms with E-state index in [1.165, 1.54) is 12.8 Å². The van der Waals surface area contributed by atoms with Crippen molar-refractivity contribution < 1.29 is 9.59 Å². The van der Waals surface area contributed by atoms with Crippen molar-refractivity contribution >= 4 is 11.8 Å². The molecule has 0 radical (unpaired) electrons. The van der Waals surface area contributed by atoms with Crippen LogP contribution >= 0.6 is 0 Å². The summed E-state index contributed by atoms with van der Waals surface area (Å²) in [6, 6.07) is 0.0663. The Morgan fingerprint density at radius 1 is 1.29 bits per heavy atom.